The van der Waals surface area contributed by atoms with E-state index in [-0.39, 0.29) is 16.4 Å². The van der Waals surface area contributed by atoms with E-state index in [2.05, 4.69) is 5.32 Å². The van der Waals surface area contributed by atoms with Crippen LogP contribution in [-0.2, 0) is 14.9 Å². The lowest BCUT2D eigenvalue weighted by molar-refractivity contribution is -0.111. The molecule has 1 amide bonds. The Morgan fingerprint density at radius 1 is 0.778 bits per heavy atom. The fourth-order valence-electron chi connectivity index (χ4n) is 3.23. The maximum Gasteiger partial charge on any atom is 0.339 e. The van der Waals surface area contributed by atoms with E-state index in [0.29, 0.717) is 28.5 Å². The number of hydrogen-bond acceptors (Lipinski definition) is 8. The van der Waals surface area contributed by atoms with Crippen molar-refractivity contribution in [3.63, 3.8) is 0 Å². The zero-order chi connectivity index (χ0) is 26.3. The molecule has 0 radical (unpaired) electrons. The van der Waals surface area contributed by atoms with E-state index in [1.54, 1.807) is 30.3 Å². The summed E-state index contributed by atoms with van der Waals surface area (Å²) in [6, 6.07) is 14.0. The number of methoxy groups -OCH3 is 4. The molecule has 36 heavy (non-hydrogen) atoms. The average molecular weight is 514 g/mol. The second-order valence-corrected chi connectivity index (χ2v) is 9.03. The molecule has 0 unspecified atom stereocenters. The van der Waals surface area contributed by atoms with Gasteiger partial charge >= 0.3 is 10.1 Å². The predicted octanol–water partition coefficient (Wildman–Crippen LogP) is 4.45. The summed E-state index contributed by atoms with van der Waals surface area (Å²) >= 11 is 0. The summed E-state index contributed by atoms with van der Waals surface area (Å²) in [5, 5.41) is 2.67. The number of nitrogens with one attached hydrogen (secondary N) is 1. The van der Waals surface area contributed by atoms with Gasteiger partial charge in [-0.15, -0.1) is 0 Å². The van der Waals surface area contributed by atoms with Gasteiger partial charge in [0, 0.05) is 30.0 Å². The van der Waals surface area contributed by atoms with Crippen LogP contribution in [0.4, 0.5) is 5.69 Å². The molecular formula is C26H27NO8S. The van der Waals surface area contributed by atoms with Crippen LogP contribution in [0, 0.1) is 6.92 Å². The van der Waals surface area contributed by atoms with E-state index < -0.39 is 16.0 Å². The van der Waals surface area contributed by atoms with Gasteiger partial charge in [0.1, 0.15) is 22.1 Å². The van der Waals surface area contributed by atoms with Crippen LogP contribution in [0.1, 0.15) is 11.1 Å². The minimum Gasteiger partial charge on any atom is -0.496 e. The number of benzene rings is 3. The largest absolute Gasteiger partial charge is 0.496 e. The maximum absolute atomic E-state index is 12.7. The van der Waals surface area contributed by atoms with E-state index in [1.165, 1.54) is 64.9 Å². The second-order valence-electron chi connectivity index (χ2n) is 7.48. The Labute approximate surface area is 210 Å². The first-order valence-electron chi connectivity index (χ1n) is 10.7. The van der Waals surface area contributed by atoms with E-state index in [0.717, 1.165) is 5.56 Å². The highest BCUT2D eigenvalue weighted by atomic mass is 32.2. The summed E-state index contributed by atoms with van der Waals surface area (Å²) in [6.07, 6.45) is 2.83. The summed E-state index contributed by atoms with van der Waals surface area (Å²) in [5.74, 6) is 1.09. The maximum atomic E-state index is 12.7. The molecule has 0 aliphatic rings. The monoisotopic (exact) mass is 513 g/mol. The van der Waals surface area contributed by atoms with Crippen LogP contribution in [0.25, 0.3) is 6.08 Å². The first-order valence-corrected chi connectivity index (χ1v) is 12.1. The minimum atomic E-state index is -4.12. The number of rotatable bonds is 10. The van der Waals surface area contributed by atoms with Gasteiger partial charge in [0.25, 0.3) is 0 Å². The van der Waals surface area contributed by atoms with Crippen LogP contribution in [0.5, 0.6) is 28.7 Å². The quantitative estimate of drug-likeness (QED) is 0.313. The molecule has 0 bridgehead atoms. The Bertz CT molecular complexity index is 1340. The Morgan fingerprint density at radius 2 is 1.39 bits per heavy atom. The number of carbonyl (C=O) groups excluding carboxylic acids is 1. The van der Waals surface area contributed by atoms with Gasteiger partial charge in [0.2, 0.25) is 5.91 Å². The number of carbonyl (C=O) groups is 1. The van der Waals surface area contributed by atoms with Crippen LogP contribution in [-0.4, -0.2) is 42.8 Å². The van der Waals surface area contributed by atoms with Gasteiger partial charge in [0.15, 0.2) is 11.5 Å². The first kappa shape index (κ1) is 26.4. The lowest BCUT2D eigenvalue weighted by Gasteiger charge is -2.13. The van der Waals surface area contributed by atoms with Gasteiger partial charge < -0.3 is 28.4 Å². The molecule has 9 nitrogen and oxygen atoms in total. The Hall–Kier alpha value is -4.18. The highest BCUT2D eigenvalue weighted by molar-refractivity contribution is 7.87. The summed E-state index contributed by atoms with van der Waals surface area (Å²) in [7, 11) is 1.78. The van der Waals surface area contributed by atoms with Crippen LogP contribution in [0.15, 0.2) is 65.6 Å². The van der Waals surface area contributed by atoms with Crippen LogP contribution < -0.4 is 28.4 Å². The second kappa shape index (κ2) is 11.5. The Kier molecular flexibility index (Phi) is 8.44. The predicted molar refractivity (Wildman–Crippen MR) is 136 cm³/mol. The van der Waals surface area contributed by atoms with Crippen molar-refractivity contribution in [1.82, 2.24) is 0 Å². The van der Waals surface area contributed by atoms with Gasteiger partial charge in [-0.2, -0.15) is 8.42 Å². The third kappa shape index (κ3) is 6.28. The summed E-state index contributed by atoms with van der Waals surface area (Å²) in [4.78, 5) is 12.6. The molecule has 0 atom stereocenters. The average Bonchev–Trinajstić information content (AvgIpc) is 2.87. The van der Waals surface area contributed by atoms with E-state index in [1.807, 2.05) is 6.92 Å². The molecule has 0 spiro atoms. The fourth-order valence-corrected chi connectivity index (χ4v) is 4.16. The molecule has 190 valence electrons. The number of amides is 1. The van der Waals surface area contributed by atoms with Crippen molar-refractivity contribution in [2.24, 2.45) is 0 Å². The number of ether oxygens (including phenoxy) is 4. The van der Waals surface area contributed by atoms with E-state index >= 15 is 0 Å². The SMILES string of the molecule is COc1cc(OC)c(/C=C/C(=O)Nc2ccc(OC)c(OS(=O)(=O)c3ccc(C)cc3)c2)c(OC)c1. The topological polar surface area (TPSA) is 109 Å². The van der Waals surface area contributed by atoms with Gasteiger partial charge in [-0.05, 0) is 37.3 Å². The highest BCUT2D eigenvalue weighted by Crippen LogP contribution is 2.35. The van der Waals surface area contributed by atoms with Gasteiger partial charge in [0.05, 0.1) is 34.0 Å². The Morgan fingerprint density at radius 3 is 1.94 bits per heavy atom. The van der Waals surface area contributed by atoms with Gasteiger partial charge in [-0.25, -0.2) is 0 Å². The normalized spacial score (nSPS) is 11.1. The van der Waals surface area contributed by atoms with Gasteiger partial charge in [-0.1, -0.05) is 17.7 Å². The van der Waals surface area contributed by atoms with Crippen molar-refractivity contribution in [1.29, 1.82) is 0 Å². The van der Waals surface area contributed by atoms with E-state index in [4.69, 9.17) is 23.1 Å². The molecule has 1 N–H and O–H groups in total. The van der Waals surface area contributed by atoms with E-state index in [9.17, 15) is 13.2 Å². The lowest BCUT2D eigenvalue weighted by atomic mass is 10.1. The first-order chi connectivity index (χ1) is 17.2. The van der Waals surface area contributed by atoms with Crippen molar-refractivity contribution in [2.45, 2.75) is 11.8 Å². The molecule has 3 rings (SSSR count). The molecule has 10 heteroatoms. The van der Waals surface area contributed by atoms with Crippen molar-refractivity contribution >= 4 is 27.8 Å². The zero-order valence-electron chi connectivity index (χ0n) is 20.5. The third-order valence-electron chi connectivity index (χ3n) is 5.09. The number of hydrogen-bond donors (Lipinski definition) is 1. The molecule has 0 aliphatic carbocycles. The van der Waals surface area contributed by atoms with Crippen LogP contribution >= 0.6 is 0 Å². The van der Waals surface area contributed by atoms with Crippen molar-refractivity contribution in [3.8, 4) is 28.7 Å². The van der Waals surface area contributed by atoms with Crippen LogP contribution in [0.2, 0.25) is 0 Å². The summed E-state index contributed by atoms with van der Waals surface area (Å²) in [5.41, 5.74) is 1.75. The highest BCUT2D eigenvalue weighted by Gasteiger charge is 2.20. The molecule has 0 aliphatic heterocycles. The Balaban J connectivity index is 1.83. The zero-order valence-corrected chi connectivity index (χ0v) is 21.3. The van der Waals surface area contributed by atoms with Crippen molar-refractivity contribution in [2.75, 3.05) is 33.8 Å². The number of aryl methyl sites for hydroxylation is 1. The third-order valence-corrected chi connectivity index (χ3v) is 6.34. The standard InChI is InChI=1S/C26H27NO8S/c1-17-6-9-20(10-7-17)36(29,30)35-25-14-18(8-12-22(25)32-3)27-26(28)13-11-21-23(33-4)15-19(31-2)16-24(21)34-5/h6-16H,1-5H3,(H,27,28)/b13-11+. The minimum absolute atomic E-state index is 0.00471. The van der Waals surface area contributed by atoms with Crippen LogP contribution in [0.3, 0.4) is 0 Å². The van der Waals surface area contributed by atoms with Gasteiger partial charge in [-0.3, -0.25) is 4.79 Å². The molecule has 0 fully saturated rings. The van der Waals surface area contributed by atoms with Crippen molar-refractivity contribution < 1.29 is 36.3 Å². The molecule has 3 aromatic rings. The molecule has 0 heterocycles. The molecular weight excluding hydrogens is 486 g/mol. The lowest BCUT2D eigenvalue weighted by Crippen LogP contribution is -2.12. The summed E-state index contributed by atoms with van der Waals surface area (Å²) in [6.45, 7) is 1.85. The smallest absolute Gasteiger partial charge is 0.339 e. The molecule has 0 saturated heterocycles. The summed E-state index contributed by atoms with van der Waals surface area (Å²) < 4.78 is 52.0. The number of anilines is 1. The van der Waals surface area contributed by atoms with Crippen molar-refractivity contribution in [3.05, 3.63) is 71.8 Å². The fraction of sp³-hybridized carbons (Fsp3) is 0.192. The molecule has 3 aromatic carbocycles. The molecule has 0 aromatic heterocycles. The molecule has 0 saturated carbocycles.